The standard InChI is InChI=1S/C23H34N4O5/c1-13(2)12-31-21(16(5)28)20-14(3)18(25-32-20)22(29)24-19-15(4)26(6)27(23(19)30)17-10-8-7-9-11-17/h16-17,21,28H,1,7-12H2,2-6H3,(H,24,29)/t16-,21+/m0/s1. The number of rotatable bonds is 8. The van der Waals surface area contributed by atoms with Gasteiger partial charge in [-0.3, -0.25) is 14.3 Å². The van der Waals surface area contributed by atoms with Crippen molar-refractivity contribution in [2.24, 2.45) is 7.05 Å². The Morgan fingerprint density at radius 1 is 1.34 bits per heavy atom. The average Bonchev–Trinajstić information content (AvgIpc) is 3.21. The lowest BCUT2D eigenvalue weighted by molar-refractivity contribution is -0.0363. The van der Waals surface area contributed by atoms with E-state index in [1.165, 1.54) is 6.42 Å². The number of nitrogens with zero attached hydrogens (tertiary/aromatic N) is 3. The Bertz CT molecular complexity index is 1040. The van der Waals surface area contributed by atoms with Gasteiger partial charge < -0.3 is 19.7 Å². The van der Waals surface area contributed by atoms with Crippen molar-refractivity contribution in [1.29, 1.82) is 0 Å². The summed E-state index contributed by atoms with van der Waals surface area (Å²) in [5, 5.41) is 16.8. The Kier molecular flexibility index (Phi) is 7.40. The number of nitrogens with one attached hydrogen (secondary N) is 1. The quantitative estimate of drug-likeness (QED) is 0.600. The van der Waals surface area contributed by atoms with Crippen LogP contribution < -0.4 is 10.9 Å². The van der Waals surface area contributed by atoms with Crippen molar-refractivity contribution < 1.29 is 19.2 Å². The minimum Gasteiger partial charge on any atom is -0.390 e. The molecule has 0 radical (unpaired) electrons. The number of aliphatic hydroxyl groups is 1. The average molecular weight is 447 g/mol. The molecule has 2 aromatic heterocycles. The van der Waals surface area contributed by atoms with E-state index in [1.807, 2.05) is 25.6 Å². The smallest absolute Gasteiger partial charge is 0.291 e. The van der Waals surface area contributed by atoms with Gasteiger partial charge >= 0.3 is 0 Å². The number of carbonyl (C=O) groups is 1. The molecule has 9 heteroatoms. The molecule has 0 saturated heterocycles. The third kappa shape index (κ3) is 4.73. The summed E-state index contributed by atoms with van der Waals surface area (Å²) < 4.78 is 14.7. The first kappa shape index (κ1) is 24.0. The molecule has 9 nitrogen and oxygen atoms in total. The molecular weight excluding hydrogens is 412 g/mol. The molecule has 0 bridgehead atoms. The van der Waals surface area contributed by atoms with Gasteiger partial charge in [-0.1, -0.05) is 36.6 Å². The minimum absolute atomic E-state index is 0.0523. The maximum Gasteiger partial charge on any atom is 0.291 e. The summed E-state index contributed by atoms with van der Waals surface area (Å²) in [5.74, 6) is -0.265. The van der Waals surface area contributed by atoms with E-state index in [0.717, 1.165) is 31.3 Å². The first-order valence-electron chi connectivity index (χ1n) is 11.1. The van der Waals surface area contributed by atoms with Gasteiger partial charge in [0.2, 0.25) is 0 Å². The Morgan fingerprint density at radius 3 is 2.59 bits per heavy atom. The predicted molar refractivity (Wildman–Crippen MR) is 121 cm³/mol. The summed E-state index contributed by atoms with van der Waals surface area (Å²) >= 11 is 0. The van der Waals surface area contributed by atoms with E-state index in [4.69, 9.17) is 9.26 Å². The zero-order chi connectivity index (χ0) is 23.6. The Morgan fingerprint density at radius 2 is 2.00 bits per heavy atom. The van der Waals surface area contributed by atoms with Crippen LogP contribution in [0.15, 0.2) is 21.5 Å². The third-order valence-corrected chi connectivity index (χ3v) is 6.13. The molecule has 1 amide bonds. The molecule has 2 N–H and O–H groups in total. The number of hydrogen-bond donors (Lipinski definition) is 2. The maximum absolute atomic E-state index is 13.1. The van der Waals surface area contributed by atoms with Crippen LogP contribution in [0.5, 0.6) is 0 Å². The highest BCUT2D eigenvalue weighted by atomic mass is 16.5. The Balaban J connectivity index is 1.85. The number of carbonyl (C=O) groups excluding carboxylic acids is 1. The fourth-order valence-electron chi connectivity index (χ4n) is 4.27. The molecule has 2 heterocycles. The van der Waals surface area contributed by atoms with E-state index >= 15 is 0 Å². The zero-order valence-electron chi connectivity index (χ0n) is 19.6. The third-order valence-electron chi connectivity index (χ3n) is 6.13. The van der Waals surface area contributed by atoms with E-state index in [0.29, 0.717) is 11.3 Å². The van der Waals surface area contributed by atoms with Crippen LogP contribution in [0.1, 0.15) is 85.6 Å². The second-order valence-corrected chi connectivity index (χ2v) is 8.83. The van der Waals surface area contributed by atoms with Crippen LogP contribution in [0.25, 0.3) is 0 Å². The van der Waals surface area contributed by atoms with Gasteiger partial charge in [0, 0.05) is 12.6 Å². The molecule has 0 aromatic carbocycles. The molecule has 2 atom stereocenters. The van der Waals surface area contributed by atoms with Crippen molar-refractivity contribution in [3.05, 3.63) is 45.2 Å². The van der Waals surface area contributed by atoms with E-state index < -0.39 is 18.1 Å². The van der Waals surface area contributed by atoms with Crippen LogP contribution in [0.4, 0.5) is 5.69 Å². The molecule has 1 saturated carbocycles. The van der Waals surface area contributed by atoms with Gasteiger partial charge in [0.25, 0.3) is 11.5 Å². The van der Waals surface area contributed by atoms with Gasteiger partial charge in [0.1, 0.15) is 11.8 Å². The van der Waals surface area contributed by atoms with Crippen LogP contribution in [-0.2, 0) is 11.8 Å². The SMILES string of the molecule is C=C(C)CO[C@@H](c1onc(C(=O)Nc2c(C)n(C)n(C3CCCCC3)c2=O)c1C)[C@H](C)O. The van der Waals surface area contributed by atoms with Gasteiger partial charge in [-0.25, -0.2) is 4.68 Å². The predicted octanol–water partition coefficient (Wildman–Crippen LogP) is 3.56. The summed E-state index contributed by atoms with van der Waals surface area (Å²) in [6, 6.07) is 0.142. The maximum atomic E-state index is 13.1. The van der Waals surface area contributed by atoms with Crippen molar-refractivity contribution in [2.75, 3.05) is 11.9 Å². The summed E-state index contributed by atoms with van der Waals surface area (Å²) in [6.07, 6.45) is 3.64. The van der Waals surface area contributed by atoms with Crippen LogP contribution in [0.2, 0.25) is 0 Å². The number of anilines is 1. The topological polar surface area (TPSA) is 112 Å². The Labute approximate surface area is 188 Å². The van der Waals surface area contributed by atoms with E-state index in [1.54, 1.807) is 18.5 Å². The summed E-state index contributed by atoms with van der Waals surface area (Å²) in [4.78, 5) is 26.1. The highest BCUT2D eigenvalue weighted by Crippen LogP contribution is 2.29. The van der Waals surface area contributed by atoms with E-state index in [2.05, 4.69) is 17.1 Å². The lowest BCUT2D eigenvalue weighted by atomic mass is 9.96. The fraction of sp³-hybridized carbons (Fsp3) is 0.609. The highest BCUT2D eigenvalue weighted by Gasteiger charge is 2.30. The molecule has 1 aliphatic rings. The van der Waals surface area contributed by atoms with Crippen molar-refractivity contribution >= 4 is 11.6 Å². The van der Waals surface area contributed by atoms with Gasteiger partial charge in [-0.05, 0) is 40.5 Å². The largest absolute Gasteiger partial charge is 0.390 e. The second kappa shape index (κ2) is 9.87. The van der Waals surface area contributed by atoms with Crippen molar-refractivity contribution in [3.8, 4) is 0 Å². The van der Waals surface area contributed by atoms with Crippen LogP contribution in [0, 0.1) is 13.8 Å². The summed E-state index contributed by atoms with van der Waals surface area (Å²) in [6.45, 7) is 10.9. The first-order chi connectivity index (χ1) is 15.1. The highest BCUT2D eigenvalue weighted by molar-refractivity contribution is 6.04. The van der Waals surface area contributed by atoms with E-state index in [9.17, 15) is 14.7 Å². The number of ether oxygens (including phenoxy) is 1. The van der Waals surface area contributed by atoms with Crippen LogP contribution >= 0.6 is 0 Å². The molecular formula is C23H34N4O5. The fourth-order valence-corrected chi connectivity index (χ4v) is 4.27. The van der Waals surface area contributed by atoms with Gasteiger partial charge in [0.15, 0.2) is 11.5 Å². The lowest BCUT2D eigenvalue weighted by Gasteiger charge is -2.24. The first-order valence-corrected chi connectivity index (χ1v) is 11.1. The molecule has 1 aliphatic carbocycles. The zero-order valence-corrected chi connectivity index (χ0v) is 19.6. The van der Waals surface area contributed by atoms with Gasteiger partial charge in [0.05, 0.1) is 24.4 Å². The normalized spacial score (nSPS) is 16.7. The minimum atomic E-state index is -0.879. The second-order valence-electron chi connectivity index (χ2n) is 8.83. The van der Waals surface area contributed by atoms with Crippen molar-refractivity contribution in [1.82, 2.24) is 14.5 Å². The summed E-state index contributed by atoms with van der Waals surface area (Å²) in [7, 11) is 1.84. The Hall–Kier alpha value is -2.65. The molecule has 0 aliphatic heterocycles. The molecule has 32 heavy (non-hydrogen) atoms. The molecule has 0 unspecified atom stereocenters. The molecule has 176 valence electrons. The van der Waals surface area contributed by atoms with Crippen molar-refractivity contribution in [3.63, 3.8) is 0 Å². The number of hydrogen-bond acceptors (Lipinski definition) is 6. The molecule has 3 rings (SSSR count). The van der Waals surface area contributed by atoms with Crippen LogP contribution in [0.3, 0.4) is 0 Å². The number of aliphatic hydroxyl groups excluding tert-OH is 1. The summed E-state index contributed by atoms with van der Waals surface area (Å²) in [5.41, 5.74) is 2.02. The van der Waals surface area contributed by atoms with Gasteiger partial charge in [-0.2, -0.15) is 0 Å². The lowest BCUT2D eigenvalue weighted by Crippen LogP contribution is -2.29. The molecule has 0 spiro atoms. The van der Waals surface area contributed by atoms with Crippen molar-refractivity contribution in [2.45, 2.75) is 78.0 Å². The molecule has 1 fully saturated rings. The molecule has 2 aromatic rings. The monoisotopic (exact) mass is 446 g/mol. The van der Waals surface area contributed by atoms with Crippen LogP contribution in [-0.4, -0.2) is 38.2 Å². The number of aromatic nitrogens is 3. The van der Waals surface area contributed by atoms with Gasteiger partial charge in [-0.15, -0.1) is 0 Å². The van der Waals surface area contributed by atoms with E-state index in [-0.39, 0.29) is 35.3 Å². The number of amides is 1.